The highest BCUT2D eigenvalue weighted by Crippen LogP contribution is 2.36. The van der Waals surface area contributed by atoms with Crippen molar-refractivity contribution in [2.75, 3.05) is 5.32 Å². The molecule has 1 fully saturated rings. The van der Waals surface area contributed by atoms with E-state index in [1.165, 1.54) is 10.5 Å². The summed E-state index contributed by atoms with van der Waals surface area (Å²) in [6, 6.07) is 15.9. The van der Waals surface area contributed by atoms with Gasteiger partial charge in [-0.1, -0.05) is 30.3 Å². The minimum absolute atomic E-state index is 0.0468. The third kappa shape index (κ3) is 3.87. The lowest BCUT2D eigenvalue weighted by Crippen LogP contribution is -2.31. The number of thioether (sulfide) groups is 1. The monoisotopic (exact) mass is 352 g/mol. The second-order valence-electron chi connectivity index (χ2n) is 6.60. The summed E-state index contributed by atoms with van der Waals surface area (Å²) in [6.07, 6.45) is 2.79. The second kappa shape index (κ2) is 6.92. The Morgan fingerprint density at radius 2 is 1.76 bits per heavy atom. The molecule has 5 heteroatoms. The van der Waals surface area contributed by atoms with E-state index in [2.05, 4.69) is 22.8 Å². The number of hydrogen-bond donors (Lipinski definition) is 2. The Morgan fingerprint density at radius 3 is 2.48 bits per heavy atom. The molecule has 0 aromatic heterocycles. The Hall–Kier alpha value is -2.27. The summed E-state index contributed by atoms with van der Waals surface area (Å²) in [7, 11) is 0. The van der Waals surface area contributed by atoms with E-state index < -0.39 is 0 Å². The Balaban J connectivity index is 1.28. The number of carbonyl (C=O) groups excluding carboxylic acids is 2. The average Bonchev–Trinajstić information content (AvgIpc) is 3.39. The number of benzene rings is 2. The maximum atomic E-state index is 12.4. The summed E-state index contributed by atoms with van der Waals surface area (Å²) in [6.45, 7) is 0.503. The first kappa shape index (κ1) is 16.2. The molecule has 4 rings (SSSR count). The van der Waals surface area contributed by atoms with Gasteiger partial charge in [0.15, 0.2) is 0 Å². The number of hydrogen-bond acceptors (Lipinski definition) is 3. The van der Waals surface area contributed by atoms with Crippen molar-refractivity contribution in [1.29, 1.82) is 0 Å². The maximum absolute atomic E-state index is 12.4. The van der Waals surface area contributed by atoms with Crippen LogP contribution in [0.4, 0.5) is 5.69 Å². The first-order valence-corrected chi connectivity index (χ1v) is 9.49. The molecule has 128 valence electrons. The smallest absolute Gasteiger partial charge is 0.234 e. The van der Waals surface area contributed by atoms with Gasteiger partial charge in [0.25, 0.3) is 0 Å². The molecule has 2 aliphatic rings. The quantitative estimate of drug-likeness (QED) is 0.867. The molecule has 1 atom stereocenters. The fraction of sp³-hybridized carbons (Fsp3) is 0.300. The van der Waals surface area contributed by atoms with Gasteiger partial charge in [0, 0.05) is 23.0 Å². The van der Waals surface area contributed by atoms with Gasteiger partial charge in [-0.05, 0) is 48.6 Å². The summed E-state index contributed by atoms with van der Waals surface area (Å²) in [5.74, 6) is 0.387. The molecule has 2 aromatic rings. The number of carbonyl (C=O) groups is 2. The van der Waals surface area contributed by atoms with Crippen LogP contribution in [0.3, 0.4) is 0 Å². The molecule has 1 heterocycles. The number of amides is 2. The van der Waals surface area contributed by atoms with Gasteiger partial charge in [0.05, 0.1) is 5.25 Å². The summed E-state index contributed by atoms with van der Waals surface area (Å²) >= 11 is 1.64. The van der Waals surface area contributed by atoms with Gasteiger partial charge in [-0.3, -0.25) is 9.59 Å². The Labute approximate surface area is 151 Å². The summed E-state index contributed by atoms with van der Waals surface area (Å²) in [5.41, 5.74) is 3.09. The van der Waals surface area contributed by atoms with E-state index >= 15 is 0 Å². The van der Waals surface area contributed by atoms with Crippen LogP contribution < -0.4 is 10.6 Å². The summed E-state index contributed by atoms with van der Waals surface area (Å²) in [5, 5.41) is 5.89. The molecule has 0 bridgehead atoms. The Morgan fingerprint density at radius 1 is 1.00 bits per heavy atom. The zero-order chi connectivity index (χ0) is 17.2. The fourth-order valence-corrected chi connectivity index (χ4v) is 4.15. The van der Waals surface area contributed by atoms with Crippen LogP contribution in [0.15, 0.2) is 53.4 Å². The van der Waals surface area contributed by atoms with Gasteiger partial charge in [0.2, 0.25) is 11.8 Å². The van der Waals surface area contributed by atoms with Crippen molar-refractivity contribution in [2.24, 2.45) is 5.92 Å². The zero-order valence-electron chi connectivity index (χ0n) is 13.8. The van der Waals surface area contributed by atoms with Crippen molar-refractivity contribution in [3.63, 3.8) is 0 Å². The van der Waals surface area contributed by atoms with Crippen LogP contribution in [0.1, 0.15) is 24.0 Å². The van der Waals surface area contributed by atoms with Gasteiger partial charge < -0.3 is 10.6 Å². The third-order valence-electron chi connectivity index (χ3n) is 4.58. The fourth-order valence-electron chi connectivity index (χ4n) is 2.93. The van der Waals surface area contributed by atoms with Crippen LogP contribution in [0, 0.1) is 5.92 Å². The van der Waals surface area contributed by atoms with E-state index in [1.807, 2.05) is 36.4 Å². The van der Waals surface area contributed by atoms with Gasteiger partial charge in [-0.15, -0.1) is 11.8 Å². The molecule has 1 saturated carbocycles. The van der Waals surface area contributed by atoms with E-state index in [0.29, 0.717) is 6.54 Å². The molecular weight excluding hydrogens is 332 g/mol. The van der Waals surface area contributed by atoms with Crippen LogP contribution in [0.25, 0.3) is 0 Å². The molecular formula is C20H20N2O2S. The molecule has 0 saturated heterocycles. The highest BCUT2D eigenvalue weighted by Gasteiger charge is 2.29. The first-order chi connectivity index (χ1) is 12.2. The van der Waals surface area contributed by atoms with Crippen molar-refractivity contribution in [3.05, 3.63) is 59.7 Å². The largest absolute Gasteiger partial charge is 0.351 e. The van der Waals surface area contributed by atoms with Gasteiger partial charge in [-0.2, -0.15) is 0 Å². The molecule has 0 spiro atoms. The van der Waals surface area contributed by atoms with Crippen LogP contribution in [0.2, 0.25) is 0 Å². The highest BCUT2D eigenvalue weighted by atomic mass is 32.2. The summed E-state index contributed by atoms with van der Waals surface area (Å²) < 4.78 is 0. The molecule has 0 radical (unpaired) electrons. The lowest BCUT2D eigenvalue weighted by atomic mass is 10.1. The van der Waals surface area contributed by atoms with Crippen molar-refractivity contribution in [1.82, 2.24) is 5.32 Å². The van der Waals surface area contributed by atoms with Crippen LogP contribution >= 0.6 is 11.8 Å². The number of nitrogens with one attached hydrogen (secondary N) is 2. The molecule has 1 aliphatic heterocycles. The molecule has 1 unspecified atom stereocenters. The second-order valence-corrected chi connectivity index (χ2v) is 7.84. The van der Waals surface area contributed by atoms with Crippen molar-refractivity contribution < 1.29 is 9.59 Å². The minimum atomic E-state index is -0.0468. The maximum Gasteiger partial charge on any atom is 0.234 e. The number of rotatable bonds is 5. The molecule has 2 amide bonds. The molecule has 1 aliphatic carbocycles. The minimum Gasteiger partial charge on any atom is -0.351 e. The van der Waals surface area contributed by atoms with E-state index in [-0.39, 0.29) is 23.0 Å². The highest BCUT2D eigenvalue weighted by molar-refractivity contribution is 8.01. The van der Waals surface area contributed by atoms with Crippen molar-refractivity contribution >= 4 is 29.3 Å². The average molecular weight is 352 g/mol. The van der Waals surface area contributed by atoms with Crippen LogP contribution in [-0.2, 0) is 22.6 Å². The Bertz CT molecular complexity index is 775. The third-order valence-corrected chi connectivity index (χ3v) is 5.89. The standard InChI is InChI=1S/C20H20N2O2S/c23-19(14-7-8-14)22-16-9-5-13(6-10-16)12-21-20(24)18-11-15-3-1-2-4-17(15)25-18/h1-6,9-10,14,18H,7-8,11-12H2,(H,21,24)(H,22,23). The van der Waals surface area contributed by atoms with Gasteiger partial charge >= 0.3 is 0 Å². The van der Waals surface area contributed by atoms with E-state index in [9.17, 15) is 9.59 Å². The SMILES string of the molecule is O=C(Nc1ccc(CNC(=O)C2Cc3ccccc3S2)cc1)C1CC1. The number of fused-ring (bicyclic) bond motifs is 1. The lowest BCUT2D eigenvalue weighted by molar-refractivity contribution is -0.120. The van der Waals surface area contributed by atoms with Gasteiger partial charge in [0.1, 0.15) is 0 Å². The predicted octanol–water partition coefficient (Wildman–Crippen LogP) is 3.37. The van der Waals surface area contributed by atoms with Crippen LogP contribution in [0.5, 0.6) is 0 Å². The summed E-state index contributed by atoms with van der Waals surface area (Å²) in [4.78, 5) is 25.3. The number of anilines is 1. The topological polar surface area (TPSA) is 58.2 Å². The first-order valence-electron chi connectivity index (χ1n) is 8.61. The molecule has 2 aromatic carbocycles. The molecule has 25 heavy (non-hydrogen) atoms. The van der Waals surface area contributed by atoms with Crippen molar-refractivity contribution in [3.8, 4) is 0 Å². The lowest BCUT2D eigenvalue weighted by Gasteiger charge is -2.11. The predicted molar refractivity (Wildman–Crippen MR) is 99.4 cm³/mol. The Kier molecular flexibility index (Phi) is 4.49. The van der Waals surface area contributed by atoms with Gasteiger partial charge in [-0.25, -0.2) is 0 Å². The van der Waals surface area contributed by atoms with E-state index in [1.54, 1.807) is 11.8 Å². The van der Waals surface area contributed by atoms with E-state index in [0.717, 1.165) is 30.5 Å². The zero-order valence-corrected chi connectivity index (χ0v) is 14.6. The normalized spacial score (nSPS) is 18.5. The molecule has 4 nitrogen and oxygen atoms in total. The van der Waals surface area contributed by atoms with Crippen molar-refractivity contribution in [2.45, 2.75) is 36.0 Å². The molecule has 2 N–H and O–H groups in total. The van der Waals surface area contributed by atoms with E-state index in [4.69, 9.17) is 0 Å². The van der Waals surface area contributed by atoms with Crippen LogP contribution in [-0.4, -0.2) is 17.1 Å².